The van der Waals surface area contributed by atoms with E-state index < -0.39 is 5.60 Å². The van der Waals surface area contributed by atoms with Gasteiger partial charge in [0.15, 0.2) is 0 Å². The maximum Gasteiger partial charge on any atom is 0.315 e. The molecule has 1 aliphatic rings. The van der Waals surface area contributed by atoms with Crippen LogP contribution in [0.15, 0.2) is 30.3 Å². The van der Waals surface area contributed by atoms with Crippen LogP contribution in [0, 0.1) is 0 Å². The number of ether oxygens (including phenoxy) is 1. The molecule has 0 bridgehead atoms. The van der Waals surface area contributed by atoms with Crippen LogP contribution in [0.25, 0.3) is 0 Å². The van der Waals surface area contributed by atoms with Crippen LogP contribution in [-0.4, -0.2) is 36.4 Å². The fourth-order valence-corrected chi connectivity index (χ4v) is 2.37. The summed E-state index contributed by atoms with van der Waals surface area (Å²) in [4.78, 5) is 11.6. The van der Waals surface area contributed by atoms with Gasteiger partial charge in [0.05, 0.1) is 12.1 Å². The van der Waals surface area contributed by atoms with E-state index in [1.165, 1.54) is 0 Å². The fraction of sp³-hybridized carbons (Fsp3) is 0.533. The van der Waals surface area contributed by atoms with Crippen LogP contribution in [0.5, 0.6) is 5.75 Å². The predicted molar refractivity (Wildman–Crippen MR) is 76.8 cm³/mol. The maximum absolute atomic E-state index is 11.6. The van der Waals surface area contributed by atoms with Crippen LogP contribution >= 0.6 is 0 Å². The highest BCUT2D eigenvalue weighted by atomic mass is 16.5. The average Bonchev–Trinajstić information content (AvgIpc) is 2.90. The number of amides is 2. The second kappa shape index (κ2) is 7.14. The summed E-state index contributed by atoms with van der Waals surface area (Å²) < 4.78 is 5.46. The Morgan fingerprint density at radius 1 is 1.20 bits per heavy atom. The van der Waals surface area contributed by atoms with E-state index >= 15 is 0 Å². The van der Waals surface area contributed by atoms with Crippen molar-refractivity contribution in [2.75, 3.05) is 19.7 Å². The van der Waals surface area contributed by atoms with E-state index in [9.17, 15) is 9.90 Å². The largest absolute Gasteiger partial charge is 0.492 e. The normalized spacial score (nSPS) is 16.6. The minimum absolute atomic E-state index is 0.262. The van der Waals surface area contributed by atoms with Gasteiger partial charge in [-0.25, -0.2) is 4.79 Å². The standard InChI is InChI=1S/C15H22N2O3/c18-14(17-12-15(19)8-4-5-9-15)16-10-11-20-13-6-2-1-3-7-13/h1-3,6-7,19H,4-5,8-12H2,(H2,16,17,18). The van der Waals surface area contributed by atoms with Crippen molar-refractivity contribution >= 4 is 6.03 Å². The molecular formula is C15H22N2O3. The summed E-state index contributed by atoms with van der Waals surface area (Å²) in [6, 6.07) is 9.20. The number of rotatable bonds is 6. The summed E-state index contributed by atoms with van der Waals surface area (Å²) in [5.74, 6) is 0.787. The second-order valence-corrected chi connectivity index (χ2v) is 5.20. The first kappa shape index (κ1) is 14.7. The molecule has 0 spiro atoms. The Hall–Kier alpha value is -1.75. The molecular weight excluding hydrogens is 256 g/mol. The number of hydrogen-bond donors (Lipinski definition) is 3. The van der Waals surface area contributed by atoms with E-state index in [0.717, 1.165) is 31.4 Å². The van der Waals surface area contributed by atoms with Gasteiger partial charge < -0.3 is 20.5 Å². The molecule has 0 heterocycles. The van der Waals surface area contributed by atoms with Crippen molar-refractivity contribution < 1.29 is 14.6 Å². The van der Waals surface area contributed by atoms with Gasteiger partial charge in [-0.2, -0.15) is 0 Å². The van der Waals surface area contributed by atoms with Gasteiger partial charge in [-0.3, -0.25) is 0 Å². The molecule has 20 heavy (non-hydrogen) atoms. The molecule has 0 unspecified atom stereocenters. The van der Waals surface area contributed by atoms with Gasteiger partial charge in [0.2, 0.25) is 0 Å². The van der Waals surface area contributed by atoms with Gasteiger partial charge in [0.25, 0.3) is 0 Å². The van der Waals surface area contributed by atoms with Crippen molar-refractivity contribution in [1.82, 2.24) is 10.6 Å². The van der Waals surface area contributed by atoms with Crippen LogP contribution in [-0.2, 0) is 0 Å². The van der Waals surface area contributed by atoms with Gasteiger partial charge in [-0.15, -0.1) is 0 Å². The summed E-state index contributed by atoms with van der Waals surface area (Å²) in [5, 5.41) is 15.5. The number of carbonyl (C=O) groups is 1. The number of carbonyl (C=O) groups excluding carboxylic acids is 1. The summed E-state index contributed by atoms with van der Waals surface area (Å²) in [7, 11) is 0. The minimum Gasteiger partial charge on any atom is -0.492 e. The SMILES string of the molecule is O=C(NCCOc1ccccc1)NCC1(O)CCCC1. The summed E-state index contributed by atoms with van der Waals surface area (Å²) in [5.41, 5.74) is -0.710. The lowest BCUT2D eigenvalue weighted by molar-refractivity contribution is 0.0501. The summed E-state index contributed by atoms with van der Waals surface area (Å²) in [6.07, 6.45) is 3.60. The first-order valence-electron chi connectivity index (χ1n) is 7.10. The fourth-order valence-electron chi connectivity index (χ4n) is 2.37. The Bertz CT molecular complexity index is 416. The number of hydrogen-bond acceptors (Lipinski definition) is 3. The molecule has 3 N–H and O–H groups in total. The van der Waals surface area contributed by atoms with E-state index in [1.54, 1.807) is 0 Å². The molecule has 1 aliphatic carbocycles. The molecule has 1 saturated carbocycles. The first-order chi connectivity index (χ1) is 9.68. The van der Waals surface area contributed by atoms with Crippen LogP contribution in [0.2, 0.25) is 0 Å². The lowest BCUT2D eigenvalue weighted by Gasteiger charge is -2.22. The molecule has 0 saturated heterocycles. The smallest absolute Gasteiger partial charge is 0.315 e. The van der Waals surface area contributed by atoms with Crippen LogP contribution in [0.1, 0.15) is 25.7 Å². The van der Waals surface area contributed by atoms with Crippen molar-refractivity contribution in [3.8, 4) is 5.75 Å². The molecule has 0 aliphatic heterocycles. The first-order valence-corrected chi connectivity index (χ1v) is 7.10. The van der Waals surface area contributed by atoms with Gasteiger partial charge in [-0.1, -0.05) is 31.0 Å². The van der Waals surface area contributed by atoms with Gasteiger partial charge in [-0.05, 0) is 25.0 Å². The molecule has 110 valence electrons. The van der Waals surface area contributed by atoms with E-state index in [4.69, 9.17) is 4.74 Å². The van der Waals surface area contributed by atoms with E-state index in [-0.39, 0.29) is 6.03 Å². The number of para-hydroxylation sites is 1. The minimum atomic E-state index is -0.710. The zero-order valence-corrected chi connectivity index (χ0v) is 11.6. The van der Waals surface area contributed by atoms with Crippen molar-refractivity contribution in [1.29, 1.82) is 0 Å². The Morgan fingerprint density at radius 3 is 2.60 bits per heavy atom. The maximum atomic E-state index is 11.6. The van der Waals surface area contributed by atoms with E-state index in [2.05, 4.69) is 10.6 Å². The molecule has 0 atom stereocenters. The van der Waals surface area contributed by atoms with Crippen LogP contribution < -0.4 is 15.4 Å². The Kier molecular flexibility index (Phi) is 5.24. The lowest BCUT2D eigenvalue weighted by atomic mass is 10.0. The van der Waals surface area contributed by atoms with Gasteiger partial charge >= 0.3 is 6.03 Å². The summed E-state index contributed by atoms with van der Waals surface area (Å²) >= 11 is 0. The van der Waals surface area contributed by atoms with Crippen LogP contribution in [0.4, 0.5) is 4.79 Å². The van der Waals surface area contributed by atoms with Crippen molar-refractivity contribution in [3.05, 3.63) is 30.3 Å². The number of urea groups is 1. The van der Waals surface area contributed by atoms with E-state index in [0.29, 0.717) is 19.7 Å². The molecule has 5 heteroatoms. The van der Waals surface area contributed by atoms with Crippen molar-refractivity contribution in [3.63, 3.8) is 0 Å². The third-order valence-electron chi connectivity index (χ3n) is 3.51. The second-order valence-electron chi connectivity index (χ2n) is 5.20. The zero-order chi connectivity index (χ0) is 14.3. The third-order valence-corrected chi connectivity index (χ3v) is 3.51. The van der Waals surface area contributed by atoms with Gasteiger partial charge in [0, 0.05) is 6.54 Å². The summed E-state index contributed by atoms with van der Waals surface area (Å²) in [6.45, 7) is 1.17. The molecule has 0 radical (unpaired) electrons. The highest BCUT2D eigenvalue weighted by Crippen LogP contribution is 2.28. The average molecular weight is 278 g/mol. The molecule has 2 amide bonds. The van der Waals surface area contributed by atoms with Gasteiger partial charge in [0.1, 0.15) is 12.4 Å². The molecule has 2 rings (SSSR count). The molecule has 0 aromatic heterocycles. The predicted octanol–water partition coefficient (Wildman–Crippen LogP) is 1.67. The topological polar surface area (TPSA) is 70.6 Å². The molecule has 1 aromatic carbocycles. The number of benzene rings is 1. The molecule has 1 aromatic rings. The van der Waals surface area contributed by atoms with E-state index in [1.807, 2.05) is 30.3 Å². The highest BCUT2D eigenvalue weighted by Gasteiger charge is 2.31. The Balaban J connectivity index is 1.56. The van der Waals surface area contributed by atoms with Crippen LogP contribution in [0.3, 0.4) is 0 Å². The molecule has 5 nitrogen and oxygen atoms in total. The Morgan fingerprint density at radius 2 is 1.90 bits per heavy atom. The number of aliphatic hydroxyl groups is 1. The quantitative estimate of drug-likeness (QED) is 0.693. The Labute approximate surface area is 119 Å². The highest BCUT2D eigenvalue weighted by molar-refractivity contribution is 5.73. The zero-order valence-electron chi connectivity index (χ0n) is 11.6. The monoisotopic (exact) mass is 278 g/mol. The lowest BCUT2D eigenvalue weighted by Crippen LogP contribution is -2.45. The van der Waals surface area contributed by atoms with Crippen molar-refractivity contribution in [2.24, 2.45) is 0 Å². The number of nitrogens with one attached hydrogen (secondary N) is 2. The molecule has 1 fully saturated rings. The third kappa shape index (κ3) is 4.74. The van der Waals surface area contributed by atoms with Crippen molar-refractivity contribution in [2.45, 2.75) is 31.3 Å².